The average Bonchev–Trinajstić information content (AvgIpc) is 2.25. The van der Waals surface area contributed by atoms with Crippen LogP contribution in [0.15, 0.2) is 12.1 Å². The zero-order chi connectivity index (χ0) is 14.2. The number of aliphatic hydroxyl groups is 1. The lowest BCUT2D eigenvalue weighted by molar-refractivity contribution is 0.0543. The number of benzene rings is 1. The number of hydrogen-bond acceptors (Lipinski definition) is 1. The normalized spacial score (nSPS) is 29.3. The number of aryl methyl sites for hydroxylation is 3. The Labute approximate surface area is 118 Å². The van der Waals surface area contributed by atoms with Crippen LogP contribution in [0.25, 0.3) is 0 Å². The van der Waals surface area contributed by atoms with E-state index in [1.807, 2.05) is 0 Å². The van der Waals surface area contributed by atoms with E-state index in [1.54, 1.807) is 0 Å². The van der Waals surface area contributed by atoms with Gasteiger partial charge in [0.2, 0.25) is 0 Å². The second-order valence-corrected chi connectivity index (χ2v) is 6.93. The van der Waals surface area contributed by atoms with Crippen molar-refractivity contribution in [3.8, 4) is 0 Å². The number of rotatable bonds is 2. The largest absolute Gasteiger partial charge is 0.388 e. The van der Waals surface area contributed by atoms with Crippen molar-refractivity contribution in [1.82, 2.24) is 0 Å². The van der Waals surface area contributed by atoms with Gasteiger partial charge in [0.1, 0.15) is 0 Å². The Morgan fingerprint density at radius 3 is 1.89 bits per heavy atom. The van der Waals surface area contributed by atoms with Gasteiger partial charge in [-0.2, -0.15) is 0 Å². The molecule has 1 nitrogen and oxygen atoms in total. The number of hydrogen-bond donors (Lipinski definition) is 1. The first-order chi connectivity index (χ1) is 8.88. The minimum Gasteiger partial charge on any atom is -0.388 e. The first-order valence-corrected chi connectivity index (χ1v) is 7.64. The topological polar surface area (TPSA) is 20.2 Å². The molecule has 0 bridgehead atoms. The van der Waals surface area contributed by atoms with Gasteiger partial charge in [-0.1, -0.05) is 31.5 Å². The van der Waals surface area contributed by atoms with Crippen molar-refractivity contribution >= 4 is 0 Å². The zero-order valence-electron chi connectivity index (χ0n) is 13.0. The van der Waals surface area contributed by atoms with Gasteiger partial charge >= 0.3 is 0 Å². The van der Waals surface area contributed by atoms with E-state index < -0.39 is 0 Å². The van der Waals surface area contributed by atoms with Crippen molar-refractivity contribution in [3.05, 3.63) is 34.4 Å². The summed E-state index contributed by atoms with van der Waals surface area (Å²) in [5.74, 6) is 1.92. The molecular weight excluding hydrogens is 232 g/mol. The summed E-state index contributed by atoms with van der Waals surface area (Å²) in [6.45, 7) is 11.0. The van der Waals surface area contributed by atoms with Crippen LogP contribution in [0.1, 0.15) is 61.5 Å². The molecule has 1 aromatic carbocycles. The van der Waals surface area contributed by atoms with E-state index in [0.29, 0.717) is 5.92 Å². The quantitative estimate of drug-likeness (QED) is 0.816. The molecule has 1 fully saturated rings. The van der Waals surface area contributed by atoms with E-state index in [4.69, 9.17) is 0 Å². The fraction of sp³-hybridized carbons (Fsp3) is 0.667. The van der Waals surface area contributed by atoms with Gasteiger partial charge in [-0.15, -0.1) is 0 Å². The third-order valence-corrected chi connectivity index (χ3v) is 4.70. The first kappa shape index (κ1) is 14.6. The standard InChI is InChI=1S/C18H28O/c1-11-6-12(2)10-16(9-11)18(19)17-14(4)7-13(3)8-15(17)5/h7-8,11-12,16,18-19H,6,9-10H2,1-5H3. The molecular formula is C18H28O. The van der Waals surface area contributed by atoms with E-state index in [1.165, 1.54) is 28.7 Å². The third-order valence-electron chi connectivity index (χ3n) is 4.70. The van der Waals surface area contributed by atoms with E-state index in [2.05, 4.69) is 46.8 Å². The zero-order valence-corrected chi connectivity index (χ0v) is 13.0. The fourth-order valence-corrected chi connectivity index (χ4v) is 4.16. The van der Waals surface area contributed by atoms with E-state index >= 15 is 0 Å². The molecule has 3 atom stereocenters. The van der Waals surface area contributed by atoms with Gasteiger partial charge < -0.3 is 5.11 Å². The van der Waals surface area contributed by atoms with Crippen LogP contribution in [0, 0.1) is 38.5 Å². The molecule has 106 valence electrons. The van der Waals surface area contributed by atoms with Crippen LogP contribution in [-0.2, 0) is 0 Å². The summed E-state index contributed by atoms with van der Waals surface area (Å²) in [7, 11) is 0. The highest BCUT2D eigenvalue weighted by molar-refractivity contribution is 5.39. The van der Waals surface area contributed by atoms with Gasteiger partial charge in [-0.3, -0.25) is 0 Å². The summed E-state index contributed by atoms with van der Waals surface area (Å²) in [4.78, 5) is 0. The molecule has 0 amide bonds. The fourth-order valence-electron chi connectivity index (χ4n) is 4.16. The summed E-state index contributed by atoms with van der Waals surface area (Å²) in [6.07, 6.45) is 3.36. The van der Waals surface area contributed by atoms with Crippen LogP contribution in [0.3, 0.4) is 0 Å². The van der Waals surface area contributed by atoms with Crippen LogP contribution in [-0.4, -0.2) is 5.11 Å². The molecule has 0 saturated heterocycles. The average molecular weight is 260 g/mol. The molecule has 0 heterocycles. The Morgan fingerprint density at radius 1 is 0.947 bits per heavy atom. The Bertz CT molecular complexity index is 416. The molecule has 0 radical (unpaired) electrons. The summed E-state index contributed by atoms with van der Waals surface area (Å²) in [5.41, 5.74) is 4.96. The molecule has 1 aliphatic rings. The molecule has 0 aromatic heterocycles. The van der Waals surface area contributed by atoms with Crippen LogP contribution in [0.4, 0.5) is 0 Å². The van der Waals surface area contributed by atoms with Gasteiger partial charge in [0.15, 0.2) is 0 Å². The highest BCUT2D eigenvalue weighted by Gasteiger charge is 2.31. The summed E-state index contributed by atoms with van der Waals surface area (Å²) < 4.78 is 0. The van der Waals surface area contributed by atoms with E-state index in [0.717, 1.165) is 24.7 Å². The third kappa shape index (κ3) is 3.20. The Hall–Kier alpha value is -0.820. The van der Waals surface area contributed by atoms with Gasteiger partial charge in [-0.05, 0) is 74.5 Å². The first-order valence-electron chi connectivity index (χ1n) is 7.64. The molecule has 0 spiro atoms. The van der Waals surface area contributed by atoms with Crippen LogP contribution in [0.5, 0.6) is 0 Å². The SMILES string of the molecule is Cc1cc(C)c(C(O)C2CC(C)CC(C)C2)c(C)c1. The van der Waals surface area contributed by atoms with Gasteiger partial charge in [0.05, 0.1) is 6.10 Å². The maximum absolute atomic E-state index is 10.8. The smallest absolute Gasteiger partial charge is 0.0823 e. The predicted molar refractivity (Wildman–Crippen MR) is 81.3 cm³/mol. The lowest BCUT2D eigenvalue weighted by Crippen LogP contribution is -2.25. The van der Waals surface area contributed by atoms with Crippen molar-refractivity contribution in [2.45, 2.75) is 60.0 Å². The van der Waals surface area contributed by atoms with Crippen molar-refractivity contribution in [2.24, 2.45) is 17.8 Å². The molecule has 1 saturated carbocycles. The minimum atomic E-state index is -0.286. The molecule has 1 aromatic rings. The molecule has 2 rings (SSSR count). The second kappa shape index (κ2) is 5.66. The number of aliphatic hydroxyl groups excluding tert-OH is 1. The lowest BCUT2D eigenvalue weighted by Gasteiger charge is -2.35. The molecule has 0 aliphatic heterocycles. The lowest BCUT2D eigenvalue weighted by atomic mass is 9.72. The van der Waals surface area contributed by atoms with Gasteiger partial charge in [0.25, 0.3) is 0 Å². The van der Waals surface area contributed by atoms with Crippen molar-refractivity contribution in [2.75, 3.05) is 0 Å². The molecule has 1 heteroatoms. The van der Waals surface area contributed by atoms with Crippen LogP contribution >= 0.6 is 0 Å². The van der Waals surface area contributed by atoms with E-state index in [9.17, 15) is 5.11 Å². The molecule has 1 N–H and O–H groups in total. The van der Waals surface area contributed by atoms with Crippen molar-refractivity contribution in [3.63, 3.8) is 0 Å². The maximum Gasteiger partial charge on any atom is 0.0823 e. The predicted octanol–water partition coefficient (Wildman–Crippen LogP) is 4.72. The summed E-state index contributed by atoms with van der Waals surface area (Å²) >= 11 is 0. The van der Waals surface area contributed by atoms with E-state index in [-0.39, 0.29) is 6.10 Å². The summed E-state index contributed by atoms with van der Waals surface area (Å²) in [5, 5.41) is 10.8. The van der Waals surface area contributed by atoms with Gasteiger partial charge in [0, 0.05) is 0 Å². The van der Waals surface area contributed by atoms with Crippen molar-refractivity contribution < 1.29 is 5.11 Å². The highest BCUT2D eigenvalue weighted by atomic mass is 16.3. The van der Waals surface area contributed by atoms with Crippen LogP contribution in [0.2, 0.25) is 0 Å². The van der Waals surface area contributed by atoms with Crippen molar-refractivity contribution in [1.29, 1.82) is 0 Å². The Kier molecular flexibility index (Phi) is 4.35. The minimum absolute atomic E-state index is 0.286. The highest BCUT2D eigenvalue weighted by Crippen LogP contribution is 2.41. The van der Waals surface area contributed by atoms with Gasteiger partial charge in [-0.25, -0.2) is 0 Å². The monoisotopic (exact) mass is 260 g/mol. The second-order valence-electron chi connectivity index (χ2n) is 6.93. The molecule has 3 unspecified atom stereocenters. The van der Waals surface area contributed by atoms with Crippen LogP contribution < -0.4 is 0 Å². The Balaban J connectivity index is 2.26. The summed E-state index contributed by atoms with van der Waals surface area (Å²) in [6, 6.07) is 4.39. The molecule has 1 aliphatic carbocycles. The Morgan fingerprint density at radius 2 is 1.42 bits per heavy atom. The molecule has 19 heavy (non-hydrogen) atoms. The maximum atomic E-state index is 10.8.